The Morgan fingerprint density at radius 2 is 2.20 bits per heavy atom. The highest BCUT2D eigenvalue weighted by atomic mass is 79.9. The summed E-state index contributed by atoms with van der Waals surface area (Å²) in [7, 11) is 1.23. The van der Waals surface area contributed by atoms with E-state index in [4.69, 9.17) is 5.73 Å². The van der Waals surface area contributed by atoms with Gasteiger partial charge in [-0.15, -0.1) is 12.4 Å². The molecule has 0 spiro atoms. The topological polar surface area (TPSA) is 52.3 Å². The fraction of sp³-hybridized carbons (Fsp3) is 0.222. The molecule has 0 saturated carbocycles. The van der Waals surface area contributed by atoms with Gasteiger partial charge in [0.25, 0.3) is 0 Å². The van der Waals surface area contributed by atoms with Gasteiger partial charge >= 0.3 is 5.97 Å². The summed E-state index contributed by atoms with van der Waals surface area (Å²) in [5.41, 5.74) is 5.92. The number of esters is 1. The van der Waals surface area contributed by atoms with Crippen LogP contribution in [0.3, 0.4) is 0 Å². The summed E-state index contributed by atoms with van der Waals surface area (Å²) in [6, 6.07) is 3.36. The third-order valence-corrected chi connectivity index (χ3v) is 2.61. The van der Waals surface area contributed by atoms with Crippen molar-refractivity contribution in [2.24, 2.45) is 5.73 Å². The molecule has 0 amide bonds. The molecule has 0 unspecified atom stereocenters. The number of halogens is 3. The Hall–Kier alpha value is -0.650. The second-order valence-electron chi connectivity index (χ2n) is 2.64. The largest absolute Gasteiger partial charge is 0.468 e. The van der Waals surface area contributed by atoms with Crippen molar-refractivity contribution in [1.29, 1.82) is 0 Å². The molecule has 0 heterocycles. The van der Waals surface area contributed by atoms with E-state index in [-0.39, 0.29) is 16.9 Å². The normalized spacial score (nSPS) is 11.5. The third-order valence-electron chi connectivity index (χ3n) is 1.77. The average molecular weight is 299 g/mol. The molecule has 3 nitrogen and oxygen atoms in total. The number of ether oxygens (including phenoxy) is 1. The first-order valence-corrected chi connectivity index (χ1v) is 4.64. The molecule has 2 N–H and O–H groups in total. The first-order valence-electron chi connectivity index (χ1n) is 3.85. The number of carbonyl (C=O) groups excluding carboxylic acids is 1. The summed E-state index contributed by atoms with van der Waals surface area (Å²) < 4.78 is 17.7. The Balaban J connectivity index is 0.00000196. The van der Waals surface area contributed by atoms with Gasteiger partial charge in [0.05, 0.1) is 11.6 Å². The quantitative estimate of drug-likeness (QED) is 0.852. The van der Waals surface area contributed by atoms with Gasteiger partial charge in [0.2, 0.25) is 0 Å². The van der Waals surface area contributed by atoms with Crippen molar-refractivity contribution in [3.63, 3.8) is 0 Å². The molecule has 0 fully saturated rings. The highest BCUT2D eigenvalue weighted by Crippen LogP contribution is 2.25. The monoisotopic (exact) mass is 297 g/mol. The van der Waals surface area contributed by atoms with Crippen LogP contribution < -0.4 is 5.73 Å². The maximum Gasteiger partial charge on any atom is 0.327 e. The van der Waals surface area contributed by atoms with Gasteiger partial charge in [0.1, 0.15) is 11.9 Å². The van der Waals surface area contributed by atoms with Gasteiger partial charge in [0.15, 0.2) is 0 Å². The predicted molar refractivity (Wildman–Crippen MR) is 60.3 cm³/mol. The Morgan fingerprint density at radius 3 is 2.73 bits per heavy atom. The SMILES string of the molecule is COC(=O)[C@@H](N)c1cccc(F)c1Br.Cl. The standard InChI is InChI=1S/C9H9BrFNO2.ClH/c1-14-9(13)8(12)5-3-2-4-6(11)7(5)10;/h2-4,8H,12H2,1H3;1H/t8-;/m0./s1. The van der Waals surface area contributed by atoms with Crippen LogP contribution in [0.2, 0.25) is 0 Å². The number of carbonyl (C=O) groups is 1. The maximum absolute atomic E-state index is 13.1. The van der Waals surface area contributed by atoms with Crippen molar-refractivity contribution in [3.05, 3.63) is 34.1 Å². The molecule has 0 aliphatic rings. The Morgan fingerprint density at radius 1 is 1.60 bits per heavy atom. The van der Waals surface area contributed by atoms with E-state index < -0.39 is 17.8 Å². The van der Waals surface area contributed by atoms with Crippen LogP contribution in [0.25, 0.3) is 0 Å². The number of benzene rings is 1. The molecular formula is C9H10BrClFNO2. The summed E-state index contributed by atoms with van der Waals surface area (Å²) in [5, 5.41) is 0. The van der Waals surface area contributed by atoms with E-state index in [2.05, 4.69) is 20.7 Å². The van der Waals surface area contributed by atoms with Gasteiger partial charge in [-0.2, -0.15) is 0 Å². The average Bonchev–Trinajstić information content (AvgIpc) is 2.20. The lowest BCUT2D eigenvalue weighted by molar-refractivity contribution is -0.142. The zero-order valence-corrected chi connectivity index (χ0v) is 10.3. The van der Waals surface area contributed by atoms with Crippen LogP contribution in [0.5, 0.6) is 0 Å². The minimum atomic E-state index is -0.968. The number of hydrogen-bond donors (Lipinski definition) is 1. The summed E-state index contributed by atoms with van der Waals surface area (Å²) in [5.74, 6) is -1.06. The molecule has 1 atom stereocenters. The van der Waals surface area contributed by atoms with Crippen molar-refractivity contribution in [2.75, 3.05) is 7.11 Å². The second-order valence-corrected chi connectivity index (χ2v) is 3.44. The van der Waals surface area contributed by atoms with Gasteiger partial charge in [0, 0.05) is 0 Å². The molecular weight excluding hydrogens is 288 g/mol. The van der Waals surface area contributed by atoms with Crippen LogP contribution in [-0.4, -0.2) is 13.1 Å². The van der Waals surface area contributed by atoms with E-state index in [0.29, 0.717) is 5.56 Å². The number of hydrogen-bond acceptors (Lipinski definition) is 3. The van der Waals surface area contributed by atoms with Crippen LogP contribution in [0.1, 0.15) is 11.6 Å². The van der Waals surface area contributed by atoms with E-state index >= 15 is 0 Å². The molecule has 0 aliphatic heterocycles. The molecule has 6 heteroatoms. The Kier molecular flexibility index (Phi) is 5.79. The van der Waals surface area contributed by atoms with Gasteiger partial charge in [-0.1, -0.05) is 12.1 Å². The molecule has 0 aliphatic carbocycles. The first kappa shape index (κ1) is 14.3. The van der Waals surface area contributed by atoms with Crippen LogP contribution in [0, 0.1) is 5.82 Å². The third kappa shape index (κ3) is 3.15. The molecule has 0 bridgehead atoms. The first-order chi connectivity index (χ1) is 6.57. The molecule has 0 aromatic heterocycles. The Bertz CT molecular complexity index is 362. The smallest absolute Gasteiger partial charge is 0.327 e. The number of rotatable bonds is 2. The van der Waals surface area contributed by atoms with Crippen molar-refractivity contribution < 1.29 is 13.9 Å². The zero-order chi connectivity index (χ0) is 10.7. The van der Waals surface area contributed by atoms with Gasteiger partial charge in [-0.25, -0.2) is 4.39 Å². The van der Waals surface area contributed by atoms with Crippen molar-refractivity contribution in [2.45, 2.75) is 6.04 Å². The minimum absolute atomic E-state index is 0. The van der Waals surface area contributed by atoms with Crippen LogP contribution in [-0.2, 0) is 9.53 Å². The summed E-state index contributed by atoms with van der Waals surface area (Å²) in [6.45, 7) is 0. The number of methoxy groups -OCH3 is 1. The van der Waals surface area contributed by atoms with Crippen LogP contribution >= 0.6 is 28.3 Å². The minimum Gasteiger partial charge on any atom is -0.468 e. The lowest BCUT2D eigenvalue weighted by Gasteiger charge is -2.11. The second kappa shape index (κ2) is 6.05. The van der Waals surface area contributed by atoms with E-state index in [1.807, 2.05) is 0 Å². The van der Waals surface area contributed by atoms with Crippen LogP contribution in [0.4, 0.5) is 4.39 Å². The summed E-state index contributed by atoms with van der Waals surface area (Å²) in [6.07, 6.45) is 0. The predicted octanol–water partition coefficient (Wildman–Crippen LogP) is 2.18. The summed E-state index contributed by atoms with van der Waals surface area (Å²) >= 11 is 3.02. The van der Waals surface area contributed by atoms with Gasteiger partial charge in [-0.3, -0.25) is 4.79 Å². The number of nitrogens with two attached hydrogens (primary N) is 1. The highest BCUT2D eigenvalue weighted by molar-refractivity contribution is 9.10. The fourth-order valence-electron chi connectivity index (χ4n) is 1.01. The molecule has 84 valence electrons. The van der Waals surface area contributed by atoms with E-state index in [9.17, 15) is 9.18 Å². The van der Waals surface area contributed by atoms with E-state index in [0.717, 1.165) is 0 Å². The molecule has 1 aromatic carbocycles. The lowest BCUT2D eigenvalue weighted by Crippen LogP contribution is -2.23. The van der Waals surface area contributed by atoms with Gasteiger partial charge in [-0.05, 0) is 27.6 Å². The molecule has 15 heavy (non-hydrogen) atoms. The maximum atomic E-state index is 13.1. The highest BCUT2D eigenvalue weighted by Gasteiger charge is 2.20. The van der Waals surface area contributed by atoms with Crippen molar-refractivity contribution >= 4 is 34.3 Å². The van der Waals surface area contributed by atoms with Crippen molar-refractivity contribution in [3.8, 4) is 0 Å². The molecule has 1 rings (SSSR count). The zero-order valence-electron chi connectivity index (χ0n) is 7.87. The van der Waals surface area contributed by atoms with Gasteiger partial charge < -0.3 is 10.5 Å². The van der Waals surface area contributed by atoms with Crippen LogP contribution in [0.15, 0.2) is 22.7 Å². The van der Waals surface area contributed by atoms with E-state index in [1.165, 1.54) is 19.2 Å². The molecule has 0 radical (unpaired) electrons. The lowest BCUT2D eigenvalue weighted by atomic mass is 10.1. The molecule has 1 aromatic rings. The van der Waals surface area contributed by atoms with E-state index in [1.54, 1.807) is 6.07 Å². The summed E-state index contributed by atoms with van der Waals surface area (Å²) in [4.78, 5) is 11.1. The Labute approximate surface area is 101 Å². The fourth-order valence-corrected chi connectivity index (χ4v) is 1.53. The van der Waals surface area contributed by atoms with Crippen molar-refractivity contribution in [1.82, 2.24) is 0 Å². The molecule has 0 saturated heterocycles.